The Morgan fingerprint density at radius 2 is 2.19 bits per heavy atom. The maximum absolute atomic E-state index is 6.20. The number of alkyl halides is 1. The van der Waals surface area contributed by atoms with E-state index in [-0.39, 0.29) is 5.41 Å². The Balaban J connectivity index is 2.69. The van der Waals surface area contributed by atoms with Crippen molar-refractivity contribution in [3.05, 3.63) is 16.1 Å². The lowest BCUT2D eigenvalue weighted by atomic mass is 9.79. The van der Waals surface area contributed by atoms with E-state index in [1.807, 2.05) is 17.5 Å². The first-order valence-corrected chi connectivity index (χ1v) is 7.48. The molecule has 1 unspecified atom stereocenters. The van der Waals surface area contributed by atoms with Gasteiger partial charge in [0, 0.05) is 17.0 Å². The topological polar surface area (TPSA) is 12.9 Å². The van der Waals surface area contributed by atoms with Gasteiger partial charge in [0.25, 0.3) is 0 Å². The van der Waals surface area contributed by atoms with Crippen LogP contribution in [0, 0.1) is 12.3 Å². The van der Waals surface area contributed by atoms with Gasteiger partial charge in [-0.3, -0.25) is 0 Å². The van der Waals surface area contributed by atoms with Crippen LogP contribution in [0.3, 0.4) is 0 Å². The molecule has 16 heavy (non-hydrogen) atoms. The van der Waals surface area contributed by atoms with Crippen molar-refractivity contribution < 1.29 is 0 Å². The molecule has 1 nitrogen and oxygen atoms in total. The van der Waals surface area contributed by atoms with Crippen molar-refractivity contribution in [1.82, 2.24) is 4.98 Å². The maximum Gasteiger partial charge on any atom is 0.0896 e. The Labute approximate surface area is 108 Å². The van der Waals surface area contributed by atoms with E-state index in [0.29, 0.717) is 0 Å². The molecule has 0 fully saturated rings. The van der Waals surface area contributed by atoms with Gasteiger partial charge in [-0.05, 0) is 31.6 Å². The lowest BCUT2D eigenvalue weighted by Crippen LogP contribution is -2.24. The van der Waals surface area contributed by atoms with E-state index in [2.05, 4.69) is 25.8 Å². The number of aryl methyl sites for hydroxylation is 1. The molecule has 0 aromatic carbocycles. The summed E-state index contributed by atoms with van der Waals surface area (Å²) in [6.45, 7) is 6.56. The van der Waals surface area contributed by atoms with E-state index in [1.165, 1.54) is 24.1 Å². The summed E-state index contributed by atoms with van der Waals surface area (Å²) in [5.74, 6) is 0.764. The highest BCUT2D eigenvalue weighted by atomic mass is 35.5. The van der Waals surface area contributed by atoms with Crippen molar-refractivity contribution in [3.8, 4) is 0 Å². The van der Waals surface area contributed by atoms with Crippen LogP contribution in [-0.4, -0.2) is 10.9 Å². The molecule has 0 amide bonds. The molecule has 1 aromatic rings. The summed E-state index contributed by atoms with van der Waals surface area (Å²) in [6, 6.07) is 0. The Morgan fingerprint density at radius 1 is 1.44 bits per heavy atom. The van der Waals surface area contributed by atoms with Crippen LogP contribution in [0.15, 0.2) is 6.20 Å². The average Bonchev–Trinajstić information content (AvgIpc) is 2.70. The van der Waals surface area contributed by atoms with E-state index in [4.69, 9.17) is 11.6 Å². The summed E-state index contributed by atoms with van der Waals surface area (Å²) in [6.07, 6.45) is 8.04. The minimum atomic E-state index is 0.288. The third-order valence-electron chi connectivity index (χ3n) is 3.31. The molecule has 0 bridgehead atoms. The molecular weight excluding hydrogens is 238 g/mol. The minimum Gasteiger partial charge on any atom is -0.250 e. The molecule has 0 aliphatic rings. The molecule has 1 aromatic heterocycles. The van der Waals surface area contributed by atoms with Gasteiger partial charge in [0.1, 0.15) is 0 Å². The number of unbranched alkanes of at least 4 members (excludes halogenated alkanes) is 1. The molecule has 1 atom stereocenters. The van der Waals surface area contributed by atoms with Gasteiger partial charge in [-0.2, -0.15) is 0 Å². The molecule has 0 aliphatic carbocycles. The van der Waals surface area contributed by atoms with Crippen molar-refractivity contribution in [2.45, 2.75) is 52.9 Å². The van der Waals surface area contributed by atoms with Crippen LogP contribution in [0.1, 0.15) is 49.4 Å². The van der Waals surface area contributed by atoms with Crippen molar-refractivity contribution in [2.75, 3.05) is 5.88 Å². The van der Waals surface area contributed by atoms with E-state index in [9.17, 15) is 0 Å². The van der Waals surface area contributed by atoms with E-state index < -0.39 is 0 Å². The summed E-state index contributed by atoms with van der Waals surface area (Å²) in [4.78, 5) is 5.71. The Morgan fingerprint density at radius 3 is 2.62 bits per heavy atom. The zero-order chi connectivity index (χ0) is 12.0. The van der Waals surface area contributed by atoms with E-state index in [0.717, 1.165) is 23.7 Å². The molecule has 0 N–H and O–H groups in total. The standard InChI is InChI=1S/C13H22ClNS/c1-4-6-7-13(5-2,10-14)8-12-9-15-11(3)16-12/h9H,4-8,10H2,1-3H3. The summed E-state index contributed by atoms with van der Waals surface area (Å²) in [5.41, 5.74) is 0.288. The number of aromatic nitrogens is 1. The number of halogens is 1. The molecule has 1 rings (SSSR count). The Bertz CT molecular complexity index is 305. The minimum absolute atomic E-state index is 0.288. The Kier molecular flexibility index (Phi) is 5.77. The molecule has 0 saturated carbocycles. The van der Waals surface area contributed by atoms with Gasteiger partial charge in [0.15, 0.2) is 0 Å². The number of nitrogens with zero attached hydrogens (tertiary/aromatic N) is 1. The highest BCUT2D eigenvalue weighted by Gasteiger charge is 2.27. The second-order valence-corrected chi connectivity index (χ2v) is 6.20. The first-order valence-electron chi connectivity index (χ1n) is 6.13. The molecule has 3 heteroatoms. The predicted molar refractivity (Wildman–Crippen MR) is 73.5 cm³/mol. The fourth-order valence-electron chi connectivity index (χ4n) is 2.01. The van der Waals surface area contributed by atoms with E-state index in [1.54, 1.807) is 0 Å². The van der Waals surface area contributed by atoms with Gasteiger partial charge in [0.05, 0.1) is 5.01 Å². The largest absolute Gasteiger partial charge is 0.250 e. The SMILES string of the molecule is CCCCC(CC)(CCl)Cc1cnc(C)s1. The summed E-state index contributed by atoms with van der Waals surface area (Å²) >= 11 is 8.01. The highest BCUT2D eigenvalue weighted by molar-refractivity contribution is 7.11. The summed E-state index contributed by atoms with van der Waals surface area (Å²) < 4.78 is 0. The van der Waals surface area contributed by atoms with Crippen LogP contribution in [0.5, 0.6) is 0 Å². The molecule has 0 spiro atoms. The van der Waals surface area contributed by atoms with Gasteiger partial charge in [-0.15, -0.1) is 22.9 Å². The summed E-state index contributed by atoms with van der Waals surface area (Å²) in [5, 5.41) is 1.16. The number of rotatable bonds is 7. The van der Waals surface area contributed by atoms with E-state index >= 15 is 0 Å². The van der Waals surface area contributed by atoms with Crippen LogP contribution in [0.4, 0.5) is 0 Å². The molecule has 0 radical (unpaired) electrons. The van der Waals surface area contributed by atoms with Gasteiger partial charge in [-0.1, -0.05) is 26.7 Å². The Hall–Kier alpha value is -0.0800. The first-order chi connectivity index (χ1) is 7.65. The smallest absolute Gasteiger partial charge is 0.0896 e. The number of hydrogen-bond donors (Lipinski definition) is 0. The quantitative estimate of drug-likeness (QED) is 0.640. The molecule has 92 valence electrons. The second kappa shape index (κ2) is 6.61. The first kappa shape index (κ1) is 14.0. The lowest BCUT2D eigenvalue weighted by molar-refractivity contribution is 0.281. The zero-order valence-corrected chi connectivity index (χ0v) is 12.1. The number of thiazole rings is 1. The maximum atomic E-state index is 6.20. The normalized spacial score (nSPS) is 15.0. The third kappa shape index (κ3) is 3.74. The molecule has 0 saturated heterocycles. The molecule has 0 aliphatic heterocycles. The lowest BCUT2D eigenvalue weighted by Gasteiger charge is -2.30. The second-order valence-electron chi connectivity index (χ2n) is 4.61. The van der Waals surface area contributed by atoms with Gasteiger partial charge in [-0.25, -0.2) is 4.98 Å². The number of hydrogen-bond acceptors (Lipinski definition) is 2. The van der Waals surface area contributed by atoms with Gasteiger partial charge < -0.3 is 0 Å². The third-order valence-corrected chi connectivity index (χ3v) is 4.79. The highest BCUT2D eigenvalue weighted by Crippen LogP contribution is 2.35. The van der Waals surface area contributed by atoms with Gasteiger partial charge in [0.2, 0.25) is 0 Å². The van der Waals surface area contributed by atoms with Crippen molar-refractivity contribution in [2.24, 2.45) is 5.41 Å². The predicted octanol–water partition coefficient (Wildman–Crippen LogP) is 4.82. The molecule has 1 heterocycles. The molecular formula is C13H22ClNS. The van der Waals surface area contributed by atoms with Crippen LogP contribution in [0.2, 0.25) is 0 Å². The van der Waals surface area contributed by atoms with Crippen molar-refractivity contribution >= 4 is 22.9 Å². The van der Waals surface area contributed by atoms with Crippen molar-refractivity contribution in [1.29, 1.82) is 0 Å². The van der Waals surface area contributed by atoms with Crippen molar-refractivity contribution in [3.63, 3.8) is 0 Å². The fourth-order valence-corrected chi connectivity index (χ4v) is 3.39. The van der Waals surface area contributed by atoms with Crippen LogP contribution >= 0.6 is 22.9 Å². The fraction of sp³-hybridized carbons (Fsp3) is 0.769. The van der Waals surface area contributed by atoms with Crippen LogP contribution in [-0.2, 0) is 6.42 Å². The zero-order valence-electron chi connectivity index (χ0n) is 10.6. The van der Waals surface area contributed by atoms with Gasteiger partial charge >= 0.3 is 0 Å². The monoisotopic (exact) mass is 259 g/mol. The van der Waals surface area contributed by atoms with Crippen LogP contribution in [0.25, 0.3) is 0 Å². The average molecular weight is 260 g/mol. The summed E-state index contributed by atoms with van der Waals surface area (Å²) in [7, 11) is 0. The van der Waals surface area contributed by atoms with Crippen LogP contribution < -0.4 is 0 Å².